The van der Waals surface area contributed by atoms with Crippen LogP contribution in [-0.4, -0.2) is 15.8 Å². The molecule has 0 unspecified atom stereocenters. The summed E-state index contributed by atoms with van der Waals surface area (Å²) in [5, 5.41) is 0.709. The fourth-order valence-electron chi connectivity index (χ4n) is 2.31. The van der Waals surface area contributed by atoms with Gasteiger partial charge in [0.15, 0.2) is 6.29 Å². The van der Waals surface area contributed by atoms with E-state index in [1.807, 2.05) is 37.4 Å². The molecule has 3 aromatic rings. The average Bonchev–Trinajstić information content (AvgIpc) is 2.94. The molecule has 4 nitrogen and oxygen atoms in total. The Morgan fingerprint density at radius 2 is 2.00 bits per heavy atom. The number of nitrogens with zero attached hydrogens (tertiary/aromatic N) is 2. The van der Waals surface area contributed by atoms with Crippen LogP contribution in [0.25, 0.3) is 0 Å². The van der Waals surface area contributed by atoms with Crippen molar-refractivity contribution < 1.29 is 9.53 Å². The van der Waals surface area contributed by atoms with Gasteiger partial charge in [-0.3, -0.25) is 4.79 Å². The van der Waals surface area contributed by atoms with Gasteiger partial charge in [0, 0.05) is 11.9 Å². The predicted octanol–water partition coefficient (Wildman–Crippen LogP) is 4.27. The summed E-state index contributed by atoms with van der Waals surface area (Å²) >= 11 is 1.47. The Kier molecular flexibility index (Phi) is 5.01. The van der Waals surface area contributed by atoms with Crippen LogP contribution in [0.5, 0.6) is 5.75 Å². The quantitative estimate of drug-likeness (QED) is 0.630. The maximum Gasteiger partial charge on any atom is 0.169 e. The van der Waals surface area contributed by atoms with Gasteiger partial charge in [0.25, 0.3) is 0 Å². The zero-order valence-electron chi connectivity index (χ0n) is 13.6. The van der Waals surface area contributed by atoms with Crippen molar-refractivity contribution in [3.8, 4) is 5.75 Å². The van der Waals surface area contributed by atoms with Gasteiger partial charge in [-0.05, 0) is 36.8 Å². The van der Waals surface area contributed by atoms with Crippen LogP contribution in [-0.2, 0) is 13.7 Å². The van der Waals surface area contributed by atoms with Crippen molar-refractivity contribution in [3.05, 3.63) is 71.7 Å². The van der Waals surface area contributed by atoms with E-state index in [9.17, 15) is 4.79 Å². The molecular weight excluding hydrogens is 320 g/mol. The SMILES string of the molecule is Cc1cccc(COc2ccc(Sc3ncn(C)c3C=O)cc2)c1. The van der Waals surface area contributed by atoms with E-state index in [0.29, 0.717) is 17.3 Å². The van der Waals surface area contributed by atoms with Crippen LogP contribution >= 0.6 is 11.8 Å². The minimum absolute atomic E-state index is 0.545. The topological polar surface area (TPSA) is 44.1 Å². The molecule has 0 aliphatic rings. The van der Waals surface area contributed by atoms with Crippen LogP contribution in [0.3, 0.4) is 0 Å². The summed E-state index contributed by atoms with van der Waals surface area (Å²) < 4.78 is 7.53. The number of imidazole rings is 1. The van der Waals surface area contributed by atoms with Crippen molar-refractivity contribution in [2.24, 2.45) is 7.05 Å². The molecule has 3 rings (SSSR count). The molecule has 0 aliphatic heterocycles. The fourth-order valence-corrected chi connectivity index (χ4v) is 3.21. The lowest BCUT2D eigenvalue weighted by Crippen LogP contribution is -1.95. The van der Waals surface area contributed by atoms with E-state index in [0.717, 1.165) is 22.5 Å². The summed E-state index contributed by atoms with van der Waals surface area (Å²) in [4.78, 5) is 16.4. The molecule has 0 amide bonds. The van der Waals surface area contributed by atoms with Gasteiger partial charge in [-0.25, -0.2) is 4.98 Å². The third-order valence-corrected chi connectivity index (χ3v) is 4.60. The van der Waals surface area contributed by atoms with Crippen molar-refractivity contribution in [3.63, 3.8) is 0 Å². The van der Waals surface area contributed by atoms with Crippen molar-refractivity contribution in [2.45, 2.75) is 23.5 Å². The molecule has 0 aliphatic carbocycles. The third kappa shape index (κ3) is 3.86. The molecule has 0 atom stereocenters. The monoisotopic (exact) mass is 338 g/mol. The first kappa shape index (κ1) is 16.3. The van der Waals surface area contributed by atoms with Crippen LogP contribution in [0, 0.1) is 6.92 Å². The van der Waals surface area contributed by atoms with Crippen LogP contribution in [0.4, 0.5) is 0 Å². The van der Waals surface area contributed by atoms with Gasteiger partial charge < -0.3 is 9.30 Å². The molecule has 0 saturated heterocycles. The van der Waals surface area contributed by atoms with E-state index >= 15 is 0 Å². The first-order chi connectivity index (χ1) is 11.7. The average molecular weight is 338 g/mol. The van der Waals surface area contributed by atoms with E-state index in [4.69, 9.17) is 4.74 Å². The molecule has 1 aromatic heterocycles. The largest absolute Gasteiger partial charge is 0.489 e. The van der Waals surface area contributed by atoms with E-state index < -0.39 is 0 Å². The van der Waals surface area contributed by atoms with E-state index in [1.165, 1.54) is 17.3 Å². The Hall–Kier alpha value is -2.53. The van der Waals surface area contributed by atoms with Gasteiger partial charge in [0.05, 0.1) is 6.33 Å². The van der Waals surface area contributed by atoms with Crippen molar-refractivity contribution in [1.82, 2.24) is 9.55 Å². The Morgan fingerprint density at radius 3 is 2.71 bits per heavy atom. The highest BCUT2D eigenvalue weighted by atomic mass is 32.2. The Morgan fingerprint density at radius 1 is 1.21 bits per heavy atom. The molecule has 0 radical (unpaired) electrons. The standard InChI is InChI=1S/C19H18N2O2S/c1-14-4-3-5-15(10-14)12-23-16-6-8-17(9-7-16)24-19-18(11-22)21(2)13-20-19/h3-11,13H,12H2,1-2H3. The number of carbonyl (C=O) groups excluding carboxylic acids is 1. The zero-order valence-corrected chi connectivity index (χ0v) is 14.4. The van der Waals surface area contributed by atoms with Crippen LogP contribution < -0.4 is 4.74 Å². The number of ether oxygens (including phenoxy) is 1. The first-order valence-electron chi connectivity index (χ1n) is 7.58. The van der Waals surface area contributed by atoms with E-state index in [2.05, 4.69) is 30.1 Å². The van der Waals surface area contributed by atoms with Crippen LogP contribution in [0.2, 0.25) is 0 Å². The number of aryl methyl sites for hydroxylation is 2. The number of aromatic nitrogens is 2. The number of hydrogen-bond acceptors (Lipinski definition) is 4. The van der Waals surface area contributed by atoms with Gasteiger partial charge in [0.1, 0.15) is 23.1 Å². The highest BCUT2D eigenvalue weighted by Gasteiger charge is 2.09. The number of carbonyl (C=O) groups is 1. The Balaban J connectivity index is 1.64. The van der Waals surface area contributed by atoms with Gasteiger partial charge in [-0.15, -0.1) is 0 Å². The minimum atomic E-state index is 0.545. The maximum absolute atomic E-state index is 11.1. The molecule has 0 bridgehead atoms. The smallest absolute Gasteiger partial charge is 0.169 e. The van der Waals surface area contributed by atoms with Crippen molar-refractivity contribution in [1.29, 1.82) is 0 Å². The highest BCUT2D eigenvalue weighted by molar-refractivity contribution is 7.99. The second kappa shape index (κ2) is 7.36. The molecule has 0 N–H and O–H groups in total. The Labute approximate surface area is 145 Å². The number of aldehydes is 1. The van der Waals surface area contributed by atoms with Crippen molar-refractivity contribution in [2.75, 3.05) is 0 Å². The van der Waals surface area contributed by atoms with Crippen molar-refractivity contribution >= 4 is 18.0 Å². The summed E-state index contributed by atoms with van der Waals surface area (Å²) in [6.45, 7) is 2.62. The molecule has 0 fully saturated rings. The first-order valence-corrected chi connectivity index (χ1v) is 8.40. The summed E-state index contributed by atoms with van der Waals surface area (Å²) in [6.07, 6.45) is 2.47. The molecule has 2 aromatic carbocycles. The summed E-state index contributed by atoms with van der Waals surface area (Å²) in [5.41, 5.74) is 2.96. The van der Waals surface area contributed by atoms with Gasteiger partial charge >= 0.3 is 0 Å². The molecule has 0 saturated carbocycles. The summed E-state index contributed by atoms with van der Waals surface area (Å²) in [7, 11) is 1.81. The minimum Gasteiger partial charge on any atom is -0.489 e. The normalized spacial score (nSPS) is 10.6. The summed E-state index contributed by atoms with van der Waals surface area (Å²) in [6, 6.07) is 16.1. The van der Waals surface area contributed by atoms with Gasteiger partial charge in [-0.1, -0.05) is 41.6 Å². The van der Waals surface area contributed by atoms with E-state index in [1.54, 1.807) is 10.9 Å². The molecule has 0 spiro atoms. The number of rotatable bonds is 6. The van der Waals surface area contributed by atoms with Crippen LogP contribution in [0.1, 0.15) is 21.6 Å². The maximum atomic E-state index is 11.1. The second-order valence-electron chi connectivity index (χ2n) is 5.51. The lowest BCUT2D eigenvalue weighted by atomic mass is 10.1. The van der Waals surface area contributed by atoms with E-state index in [-0.39, 0.29) is 0 Å². The van der Waals surface area contributed by atoms with Gasteiger partial charge in [0.2, 0.25) is 0 Å². The zero-order chi connectivity index (χ0) is 16.9. The second-order valence-corrected chi connectivity index (χ2v) is 6.58. The summed E-state index contributed by atoms with van der Waals surface area (Å²) in [5.74, 6) is 0.817. The molecule has 122 valence electrons. The molecular formula is C19H18N2O2S. The number of hydrogen-bond donors (Lipinski definition) is 0. The van der Waals surface area contributed by atoms with Crippen LogP contribution in [0.15, 0.2) is 64.8 Å². The molecule has 24 heavy (non-hydrogen) atoms. The molecule has 1 heterocycles. The fraction of sp³-hybridized carbons (Fsp3) is 0.158. The lowest BCUT2D eigenvalue weighted by molar-refractivity contribution is 0.111. The number of benzene rings is 2. The lowest BCUT2D eigenvalue weighted by Gasteiger charge is -2.08. The highest BCUT2D eigenvalue weighted by Crippen LogP contribution is 2.29. The molecule has 5 heteroatoms. The third-order valence-electron chi connectivity index (χ3n) is 3.59. The predicted molar refractivity (Wildman–Crippen MR) is 94.7 cm³/mol. The Bertz CT molecular complexity index is 841. The van der Waals surface area contributed by atoms with Gasteiger partial charge in [-0.2, -0.15) is 0 Å².